The Kier molecular flexibility index (Phi) is 3.94. The third kappa shape index (κ3) is 2.54. The highest BCUT2D eigenvalue weighted by Gasteiger charge is 2.53. The van der Waals surface area contributed by atoms with Gasteiger partial charge >= 0.3 is 0 Å². The lowest BCUT2D eigenvalue weighted by Gasteiger charge is -2.26. The van der Waals surface area contributed by atoms with Crippen LogP contribution in [0, 0.1) is 0 Å². The van der Waals surface area contributed by atoms with Gasteiger partial charge in [0.15, 0.2) is 0 Å². The quantitative estimate of drug-likeness (QED) is 0.780. The molecule has 3 rings (SSSR count). The van der Waals surface area contributed by atoms with Crippen molar-refractivity contribution < 1.29 is 4.79 Å². The van der Waals surface area contributed by atoms with Gasteiger partial charge in [-0.15, -0.1) is 11.3 Å². The second kappa shape index (κ2) is 5.70. The molecule has 0 aliphatic heterocycles. The first-order chi connectivity index (χ1) is 9.76. The molecule has 0 atom stereocenters. The van der Waals surface area contributed by atoms with E-state index in [0.717, 1.165) is 32.4 Å². The minimum absolute atomic E-state index is 0.195. The number of amides is 1. The SMILES string of the molecule is CCCN(Cc1ccsc1)C(=O)C1(c2cccs2)CC1. The summed E-state index contributed by atoms with van der Waals surface area (Å²) in [4.78, 5) is 16.3. The van der Waals surface area contributed by atoms with Crippen LogP contribution in [-0.2, 0) is 16.8 Å². The Bertz CT molecular complexity index is 555. The molecule has 0 bridgehead atoms. The van der Waals surface area contributed by atoms with Gasteiger partial charge in [0.05, 0.1) is 5.41 Å². The van der Waals surface area contributed by atoms with E-state index in [2.05, 4.69) is 46.2 Å². The molecule has 0 saturated heterocycles. The summed E-state index contributed by atoms with van der Waals surface area (Å²) >= 11 is 3.42. The summed E-state index contributed by atoms with van der Waals surface area (Å²) in [5, 5.41) is 6.29. The summed E-state index contributed by atoms with van der Waals surface area (Å²) < 4.78 is 0. The molecule has 2 heterocycles. The molecule has 2 nitrogen and oxygen atoms in total. The smallest absolute Gasteiger partial charge is 0.234 e. The minimum Gasteiger partial charge on any atom is -0.338 e. The largest absolute Gasteiger partial charge is 0.338 e. The van der Waals surface area contributed by atoms with E-state index in [4.69, 9.17) is 0 Å². The van der Waals surface area contributed by atoms with Crippen molar-refractivity contribution in [2.45, 2.75) is 38.1 Å². The molecule has 0 radical (unpaired) electrons. The molecule has 106 valence electrons. The Morgan fingerprint density at radius 3 is 2.75 bits per heavy atom. The molecule has 4 heteroatoms. The van der Waals surface area contributed by atoms with Crippen LogP contribution in [0.4, 0.5) is 0 Å². The summed E-state index contributed by atoms with van der Waals surface area (Å²) in [7, 11) is 0. The van der Waals surface area contributed by atoms with Crippen molar-refractivity contribution in [2.75, 3.05) is 6.54 Å². The zero-order valence-corrected chi connectivity index (χ0v) is 13.3. The number of thiophene rings is 2. The van der Waals surface area contributed by atoms with Crippen molar-refractivity contribution in [3.63, 3.8) is 0 Å². The topological polar surface area (TPSA) is 20.3 Å². The summed E-state index contributed by atoms with van der Waals surface area (Å²) in [6, 6.07) is 6.28. The van der Waals surface area contributed by atoms with E-state index >= 15 is 0 Å². The summed E-state index contributed by atoms with van der Waals surface area (Å²) in [6.45, 7) is 3.74. The second-order valence-corrected chi connectivity index (χ2v) is 7.15. The molecule has 0 unspecified atom stereocenters. The van der Waals surface area contributed by atoms with Crippen molar-refractivity contribution in [2.24, 2.45) is 0 Å². The van der Waals surface area contributed by atoms with E-state index in [1.165, 1.54) is 10.4 Å². The van der Waals surface area contributed by atoms with Crippen LogP contribution in [0.2, 0.25) is 0 Å². The maximum Gasteiger partial charge on any atom is 0.234 e. The molecule has 1 saturated carbocycles. The molecule has 0 aromatic carbocycles. The maximum absolute atomic E-state index is 13.0. The van der Waals surface area contributed by atoms with Crippen molar-refractivity contribution in [1.82, 2.24) is 4.90 Å². The van der Waals surface area contributed by atoms with E-state index < -0.39 is 0 Å². The van der Waals surface area contributed by atoms with Gasteiger partial charge in [0.2, 0.25) is 5.91 Å². The van der Waals surface area contributed by atoms with Gasteiger partial charge in [0.1, 0.15) is 0 Å². The third-order valence-electron chi connectivity index (χ3n) is 3.89. The molecule has 1 fully saturated rings. The highest BCUT2D eigenvalue weighted by Crippen LogP contribution is 2.51. The fourth-order valence-corrected chi connectivity index (χ4v) is 4.31. The lowest BCUT2D eigenvalue weighted by atomic mass is 10.0. The third-order valence-corrected chi connectivity index (χ3v) is 5.69. The molecule has 1 amide bonds. The van der Waals surface area contributed by atoms with Gasteiger partial charge in [0, 0.05) is 18.0 Å². The van der Waals surface area contributed by atoms with E-state index in [0.29, 0.717) is 5.91 Å². The first-order valence-corrected chi connectivity index (χ1v) is 8.93. The summed E-state index contributed by atoms with van der Waals surface area (Å²) in [5.74, 6) is 0.327. The van der Waals surface area contributed by atoms with Gasteiger partial charge in [-0.05, 0) is 53.1 Å². The summed E-state index contributed by atoms with van der Waals surface area (Å²) in [6.07, 6.45) is 3.03. The van der Waals surface area contributed by atoms with E-state index in [1.54, 1.807) is 22.7 Å². The minimum atomic E-state index is -0.195. The number of carbonyl (C=O) groups excluding carboxylic acids is 1. The molecule has 2 aromatic heterocycles. The highest BCUT2D eigenvalue weighted by molar-refractivity contribution is 7.10. The Morgan fingerprint density at radius 1 is 1.35 bits per heavy atom. The van der Waals surface area contributed by atoms with Crippen molar-refractivity contribution in [3.05, 3.63) is 44.8 Å². The number of carbonyl (C=O) groups is 1. The molecular weight excluding hydrogens is 286 g/mol. The van der Waals surface area contributed by atoms with Crippen molar-refractivity contribution >= 4 is 28.6 Å². The van der Waals surface area contributed by atoms with Gasteiger partial charge in [-0.25, -0.2) is 0 Å². The van der Waals surface area contributed by atoms with Crippen LogP contribution in [0.3, 0.4) is 0 Å². The molecule has 1 aliphatic carbocycles. The fraction of sp³-hybridized carbons (Fsp3) is 0.438. The van der Waals surface area contributed by atoms with Crippen LogP contribution in [0.5, 0.6) is 0 Å². The molecule has 2 aromatic rings. The van der Waals surface area contributed by atoms with Crippen LogP contribution in [0.15, 0.2) is 34.3 Å². The molecular formula is C16H19NOS2. The van der Waals surface area contributed by atoms with Crippen LogP contribution in [0.1, 0.15) is 36.6 Å². The average Bonchev–Trinajstić information content (AvgIpc) is 2.90. The molecule has 1 aliphatic rings. The maximum atomic E-state index is 13.0. The predicted molar refractivity (Wildman–Crippen MR) is 85.3 cm³/mol. The Morgan fingerprint density at radius 2 is 2.20 bits per heavy atom. The summed E-state index contributed by atoms with van der Waals surface area (Å²) in [5.41, 5.74) is 1.05. The predicted octanol–water partition coefficient (Wildman–Crippen LogP) is 4.28. The first-order valence-electron chi connectivity index (χ1n) is 7.11. The molecule has 0 spiro atoms. The van der Waals surface area contributed by atoms with Crippen LogP contribution < -0.4 is 0 Å². The van der Waals surface area contributed by atoms with Crippen LogP contribution in [0.25, 0.3) is 0 Å². The molecule has 20 heavy (non-hydrogen) atoms. The monoisotopic (exact) mass is 305 g/mol. The van der Waals surface area contributed by atoms with E-state index in [-0.39, 0.29) is 5.41 Å². The fourth-order valence-electron chi connectivity index (χ4n) is 2.67. The number of rotatable bonds is 6. The Hall–Kier alpha value is -1.13. The van der Waals surface area contributed by atoms with Gasteiger partial charge in [-0.3, -0.25) is 4.79 Å². The Balaban J connectivity index is 1.79. The van der Waals surface area contributed by atoms with Crippen molar-refractivity contribution in [3.8, 4) is 0 Å². The normalized spacial score (nSPS) is 16.1. The van der Waals surface area contributed by atoms with Gasteiger partial charge < -0.3 is 4.90 Å². The standard InChI is InChI=1S/C16H19NOS2/c1-2-8-17(11-13-5-10-19-12-13)15(18)16(6-7-16)14-4-3-9-20-14/h3-5,9-10,12H,2,6-8,11H2,1H3. The van der Waals surface area contributed by atoms with E-state index in [9.17, 15) is 4.79 Å². The lowest BCUT2D eigenvalue weighted by molar-refractivity contribution is -0.134. The zero-order chi connectivity index (χ0) is 14.0. The molecule has 0 N–H and O–H groups in total. The second-order valence-electron chi connectivity index (χ2n) is 5.42. The van der Waals surface area contributed by atoms with Gasteiger partial charge in [-0.1, -0.05) is 13.0 Å². The number of nitrogens with zero attached hydrogens (tertiary/aromatic N) is 1. The first kappa shape index (κ1) is 13.8. The van der Waals surface area contributed by atoms with Crippen LogP contribution in [-0.4, -0.2) is 17.4 Å². The number of hydrogen-bond acceptors (Lipinski definition) is 3. The average molecular weight is 305 g/mol. The highest BCUT2D eigenvalue weighted by atomic mass is 32.1. The lowest BCUT2D eigenvalue weighted by Crippen LogP contribution is -2.39. The zero-order valence-electron chi connectivity index (χ0n) is 11.7. The van der Waals surface area contributed by atoms with Gasteiger partial charge in [-0.2, -0.15) is 11.3 Å². The van der Waals surface area contributed by atoms with Crippen LogP contribution >= 0.6 is 22.7 Å². The van der Waals surface area contributed by atoms with Crippen molar-refractivity contribution in [1.29, 1.82) is 0 Å². The number of hydrogen-bond donors (Lipinski definition) is 0. The van der Waals surface area contributed by atoms with E-state index in [1.807, 2.05) is 0 Å². The van der Waals surface area contributed by atoms with Gasteiger partial charge in [0.25, 0.3) is 0 Å². The Labute approximate surface area is 128 Å².